The summed E-state index contributed by atoms with van der Waals surface area (Å²) in [5, 5.41) is 19.1. The van der Waals surface area contributed by atoms with Gasteiger partial charge in [-0.15, -0.1) is 0 Å². The molecule has 54 valence electrons. The summed E-state index contributed by atoms with van der Waals surface area (Å²) in [4.78, 5) is 0. The Morgan fingerprint density at radius 3 is 1.62 bits per heavy atom. The van der Waals surface area contributed by atoms with E-state index in [2.05, 4.69) is 5.32 Å². The monoisotopic (exact) mass is 211 g/mol. The van der Waals surface area contributed by atoms with Gasteiger partial charge in [0.25, 0.3) is 0 Å². The number of aliphatic hydroxyl groups excluding tert-OH is 2. The third-order valence-corrected chi connectivity index (χ3v) is 0.577. The normalized spacial score (nSPS) is 8.25. The molecule has 0 aromatic carbocycles. The van der Waals surface area contributed by atoms with Gasteiger partial charge in [-0.3, -0.25) is 0 Å². The van der Waals surface area contributed by atoms with Crippen molar-refractivity contribution in [3.63, 3.8) is 0 Å². The van der Waals surface area contributed by atoms with Gasteiger partial charge in [0.2, 0.25) is 0 Å². The Bertz CT molecular complexity index is 33.2. The van der Waals surface area contributed by atoms with Crippen LogP contribution < -0.4 is 5.32 Å². The Morgan fingerprint density at radius 1 is 1.00 bits per heavy atom. The molecule has 0 atom stereocenters. The maximum absolute atomic E-state index is 8.15. The van der Waals surface area contributed by atoms with E-state index >= 15 is 0 Å². The van der Waals surface area contributed by atoms with Gasteiger partial charge >= 0.3 is 0 Å². The topological polar surface area (TPSA) is 52.5 Å². The van der Waals surface area contributed by atoms with Crippen molar-refractivity contribution in [3.8, 4) is 0 Å². The molecule has 0 heterocycles. The Balaban J connectivity index is 0. The number of rotatable bonds is 4. The van der Waals surface area contributed by atoms with Crippen molar-refractivity contribution in [2.75, 3.05) is 26.3 Å². The summed E-state index contributed by atoms with van der Waals surface area (Å²) in [6.07, 6.45) is 0. The van der Waals surface area contributed by atoms with E-state index in [0.717, 1.165) is 0 Å². The fourth-order valence-electron chi connectivity index (χ4n) is 0.283. The molecule has 3 N–H and O–H groups in total. The first kappa shape index (κ1) is 11.4. The van der Waals surface area contributed by atoms with E-state index < -0.39 is 0 Å². The van der Waals surface area contributed by atoms with Crippen molar-refractivity contribution in [2.45, 2.75) is 0 Å². The van der Waals surface area contributed by atoms with Crippen LogP contribution in [0.3, 0.4) is 0 Å². The van der Waals surface area contributed by atoms with Crippen molar-refractivity contribution < 1.29 is 30.6 Å². The molecule has 4 heteroatoms. The van der Waals surface area contributed by atoms with E-state index in [1.54, 1.807) is 0 Å². The predicted molar refractivity (Wildman–Crippen MR) is 27.0 cm³/mol. The average Bonchev–Trinajstić information content (AvgIpc) is 1.69. The van der Waals surface area contributed by atoms with Crippen LogP contribution in [0.5, 0.6) is 0 Å². The van der Waals surface area contributed by atoms with E-state index in [-0.39, 0.29) is 33.6 Å². The Kier molecular flexibility index (Phi) is 14.9. The molecule has 0 aliphatic carbocycles. The molecule has 0 aromatic rings. The van der Waals surface area contributed by atoms with Gasteiger partial charge in [0.15, 0.2) is 0 Å². The number of nitrogens with one attached hydrogen (secondary N) is 1. The fraction of sp³-hybridized carbons (Fsp3) is 1.00. The average molecular weight is 212 g/mol. The summed E-state index contributed by atoms with van der Waals surface area (Å²) in [5.74, 6) is 0. The molecule has 0 amide bonds. The van der Waals surface area contributed by atoms with Crippen LogP contribution in [0.1, 0.15) is 0 Å². The van der Waals surface area contributed by atoms with E-state index in [0.29, 0.717) is 13.1 Å². The molecule has 0 fully saturated rings. The van der Waals surface area contributed by atoms with Crippen molar-refractivity contribution in [3.05, 3.63) is 0 Å². The fourth-order valence-corrected chi connectivity index (χ4v) is 0.283. The summed E-state index contributed by atoms with van der Waals surface area (Å²) in [6, 6.07) is 0. The summed E-state index contributed by atoms with van der Waals surface area (Å²) >= 11 is 0. The van der Waals surface area contributed by atoms with E-state index in [1.165, 1.54) is 0 Å². The molecule has 8 heavy (non-hydrogen) atoms. The number of hydrogen-bond acceptors (Lipinski definition) is 3. The van der Waals surface area contributed by atoms with Gasteiger partial charge in [0.1, 0.15) is 0 Å². The Morgan fingerprint density at radius 2 is 1.38 bits per heavy atom. The molecule has 0 spiro atoms. The van der Waals surface area contributed by atoms with Crippen molar-refractivity contribution in [2.24, 2.45) is 0 Å². The second-order valence-electron chi connectivity index (χ2n) is 1.20. The largest absolute Gasteiger partial charge is 0.395 e. The van der Waals surface area contributed by atoms with Crippen LogP contribution >= 0.6 is 0 Å². The summed E-state index contributed by atoms with van der Waals surface area (Å²) in [5.41, 5.74) is 0. The van der Waals surface area contributed by atoms with E-state index in [9.17, 15) is 0 Å². The molecular weight excluding hydrogens is 200 g/mol. The minimum Gasteiger partial charge on any atom is -0.395 e. The minimum absolute atomic E-state index is 0. The van der Waals surface area contributed by atoms with Gasteiger partial charge in [-0.2, -0.15) is 0 Å². The van der Waals surface area contributed by atoms with Gasteiger partial charge in [-0.25, -0.2) is 0 Å². The molecule has 0 saturated carbocycles. The van der Waals surface area contributed by atoms with Gasteiger partial charge in [-0.05, 0) is 0 Å². The second-order valence-corrected chi connectivity index (χ2v) is 1.20. The molecule has 0 aromatic heterocycles. The maximum atomic E-state index is 8.15. The molecule has 0 aliphatic rings. The molecule has 3 nitrogen and oxygen atoms in total. The molecule has 0 saturated heterocycles. The van der Waals surface area contributed by atoms with Crippen LogP contribution in [0.2, 0.25) is 0 Å². The van der Waals surface area contributed by atoms with Crippen LogP contribution in [-0.2, 0) is 20.4 Å². The number of aliphatic hydroxyl groups is 2. The zero-order valence-electron chi connectivity index (χ0n) is 4.54. The van der Waals surface area contributed by atoms with Crippen molar-refractivity contribution >= 4 is 0 Å². The van der Waals surface area contributed by atoms with Crippen molar-refractivity contribution in [1.82, 2.24) is 5.32 Å². The minimum atomic E-state index is 0. The number of hydrogen-bond donors (Lipinski definition) is 3. The van der Waals surface area contributed by atoms with E-state index in [1.807, 2.05) is 0 Å². The second kappa shape index (κ2) is 10.5. The predicted octanol–water partition coefficient (Wildman–Crippen LogP) is -1.44. The molecule has 0 aliphatic heterocycles. The zero-order valence-corrected chi connectivity index (χ0v) is 6.09. The van der Waals surface area contributed by atoms with Crippen LogP contribution in [0.25, 0.3) is 0 Å². The molecule has 0 bridgehead atoms. The zero-order chi connectivity index (χ0) is 5.54. The van der Waals surface area contributed by atoms with Crippen LogP contribution in [-0.4, -0.2) is 36.5 Å². The van der Waals surface area contributed by atoms with Gasteiger partial charge in [-0.1, -0.05) is 0 Å². The van der Waals surface area contributed by atoms with E-state index in [4.69, 9.17) is 10.2 Å². The van der Waals surface area contributed by atoms with Gasteiger partial charge in [0, 0.05) is 33.5 Å². The quantitative estimate of drug-likeness (QED) is 0.394. The molecule has 0 radical (unpaired) electrons. The SMILES string of the molecule is OCCNCCO.[Pd]. The van der Waals surface area contributed by atoms with Crippen LogP contribution in [0, 0.1) is 0 Å². The van der Waals surface area contributed by atoms with Gasteiger partial charge < -0.3 is 15.5 Å². The third-order valence-electron chi connectivity index (χ3n) is 0.577. The van der Waals surface area contributed by atoms with Gasteiger partial charge in [0.05, 0.1) is 13.2 Å². The first-order valence-corrected chi connectivity index (χ1v) is 2.34. The summed E-state index contributed by atoms with van der Waals surface area (Å²) < 4.78 is 0. The van der Waals surface area contributed by atoms with Crippen molar-refractivity contribution in [1.29, 1.82) is 0 Å². The first-order chi connectivity index (χ1) is 3.41. The molecule has 0 rings (SSSR count). The summed E-state index contributed by atoms with van der Waals surface area (Å²) in [6.45, 7) is 1.42. The molecular formula is C4H11NO2Pd. The van der Waals surface area contributed by atoms with Crippen LogP contribution in [0.4, 0.5) is 0 Å². The maximum Gasteiger partial charge on any atom is 0.0555 e. The smallest absolute Gasteiger partial charge is 0.0555 e. The first-order valence-electron chi connectivity index (χ1n) is 2.34. The Hall–Kier alpha value is 0.542. The third kappa shape index (κ3) is 9.74. The Labute approximate surface area is 62.8 Å². The standard InChI is InChI=1S/C4H11NO2.Pd/c6-3-1-5-2-4-7;/h5-7H,1-4H2;. The van der Waals surface area contributed by atoms with Crippen LogP contribution in [0.15, 0.2) is 0 Å². The summed E-state index contributed by atoms with van der Waals surface area (Å²) in [7, 11) is 0. The molecule has 0 unspecified atom stereocenters.